The monoisotopic (exact) mass is 360 g/mol. The summed E-state index contributed by atoms with van der Waals surface area (Å²) in [4.78, 5) is 0. The van der Waals surface area contributed by atoms with E-state index in [4.69, 9.17) is 4.74 Å². The Kier molecular flexibility index (Phi) is 11.5. The molecule has 0 atom stereocenters. The second kappa shape index (κ2) is 14.1. The fourth-order valence-corrected chi connectivity index (χ4v) is 4.02. The smallest absolute Gasteiger partial charge is 0.119 e. The van der Waals surface area contributed by atoms with Gasteiger partial charge in [-0.1, -0.05) is 82.4 Å². The third kappa shape index (κ3) is 10.2. The van der Waals surface area contributed by atoms with E-state index in [1.165, 1.54) is 89.9 Å². The number of para-hydroxylation sites is 1. The summed E-state index contributed by atoms with van der Waals surface area (Å²) in [6, 6.07) is 10.3. The first kappa shape index (κ1) is 21.3. The lowest BCUT2D eigenvalue weighted by Gasteiger charge is -2.19. The second-order valence-electron chi connectivity index (χ2n) is 8.10. The lowest BCUT2D eigenvalue weighted by atomic mass is 9.99. The number of rotatable bonds is 2. The van der Waals surface area contributed by atoms with E-state index in [1.807, 2.05) is 0 Å². The molecular weight excluding hydrogens is 320 g/mol. The van der Waals surface area contributed by atoms with Crippen molar-refractivity contribution in [3.8, 4) is 5.75 Å². The van der Waals surface area contributed by atoms with Crippen molar-refractivity contribution in [2.75, 3.05) is 0 Å². The molecule has 1 aromatic carbocycles. The Labute approximate surface area is 161 Å². The van der Waals surface area contributed by atoms with Crippen LogP contribution in [0.5, 0.6) is 5.75 Å². The maximum atomic E-state index is 10.0. The number of hydrogen-bond donors (Lipinski definition) is 1. The molecular formula is C24H40O2. The number of aliphatic hydroxyl groups is 1. The number of aliphatic hydroxyl groups excluding tert-OH is 1. The summed E-state index contributed by atoms with van der Waals surface area (Å²) >= 11 is 0. The highest BCUT2D eigenvalue weighted by molar-refractivity contribution is 5.21. The van der Waals surface area contributed by atoms with Crippen molar-refractivity contribution < 1.29 is 9.84 Å². The third-order valence-electron chi connectivity index (χ3n) is 5.67. The Bertz CT molecular complexity index is 411. The molecule has 26 heavy (non-hydrogen) atoms. The molecule has 0 unspecified atom stereocenters. The van der Waals surface area contributed by atoms with Gasteiger partial charge in [0.2, 0.25) is 0 Å². The molecule has 0 spiro atoms. The quantitative estimate of drug-likeness (QED) is 0.612. The molecule has 0 aliphatic heterocycles. The van der Waals surface area contributed by atoms with E-state index in [0.29, 0.717) is 6.10 Å². The third-order valence-corrected chi connectivity index (χ3v) is 5.67. The highest BCUT2D eigenvalue weighted by Gasteiger charge is 2.11. The van der Waals surface area contributed by atoms with Crippen LogP contribution in [0.25, 0.3) is 0 Å². The van der Waals surface area contributed by atoms with Crippen LogP contribution in [-0.2, 0) is 0 Å². The van der Waals surface area contributed by atoms with Gasteiger partial charge in [0.15, 0.2) is 0 Å². The summed E-state index contributed by atoms with van der Waals surface area (Å²) in [5.41, 5.74) is 0. The normalized spacial score (nSPS) is 25.7. The highest BCUT2D eigenvalue weighted by atomic mass is 16.5. The van der Waals surface area contributed by atoms with Crippen LogP contribution < -0.4 is 4.74 Å². The maximum absolute atomic E-state index is 10.0. The molecule has 148 valence electrons. The van der Waals surface area contributed by atoms with Crippen LogP contribution in [0.3, 0.4) is 0 Å². The van der Waals surface area contributed by atoms with Crippen molar-refractivity contribution in [1.82, 2.24) is 0 Å². The molecule has 2 rings (SSSR count). The van der Waals surface area contributed by atoms with Crippen molar-refractivity contribution in [2.45, 2.75) is 115 Å². The van der Waals surface area contributed by atoms with Gasteiger partial charge in [-0.05, 0) is 50.7 Å². The van der Waals surface area contributed by atoms with E-state index in [-0.39, 0.29) is 6.10 Å². The summed E-state index contributed by atoms with van der Waals surface area (Å²) < 4.78 is 6.28. The number of hydrogen-bond acceptors (Lipinski definition) is 2. The summed E-state index contributed by atoms with van der Waals surface area (Å²) in [6.07, 6.45) is 20.1. The van der Waals surface area contributed by atoms with E-state index in [2.05, 4.69) is 30.3 Å². The molecule has 1 saturated carbocycles. The first-order valence-corrected chi connectivity index (χ1v) is 11.2. The minimum absolute atomic E-state index is 0.0511. The average molecular weight is 361 g/mol. The summed E-state index contributed by atoms with van der Waals surface area (Å²) in [7, 11) is 0. The van der Waals surface area contributed by atoms with E-state index in [1.54, 1.807) is 0 Å². The topological polar surface area (TPSA) is 29.5 Å². The molecule has 1 fully saturated rings. The number of ether oxygens (including phenoxy) is 1. The lowest BCUT2D eigenvalue weighted by molar-refractivity contribution is 0.146. The fourth-order valence-electron chi connectivity index (χ4n) is 4.02. The fraction of sp³-hybridized carbons (Fsp3) is 0.750. The van der Waals surface area contributed by atoms with Crippen molar-refractivity contribution >= 4 is 0 Å². The Morgan fingerprint density at radius 1 is 0.577 bits per heavy atom. The van der Waals surface area contributed by atoms with Crippen LogP contribution in [0.2, 0.25) is 0 Å². The zero-order valence-electron chi connectivity index (χ0n) is 16.7. The van der Waals surface area contributed by atoms with Gasteiger partial charge in [0.1, 0.15) is 5.75 Å². The average Bonchev–Trinajstić information content (AvgIpc) is 2.65. The van der Waals surface area contributed by atoms with Gasteiger partial charge in [0.05, 0.1) is 12.2 Å². The van der Waals surface area contributed by atoms with Crippen molar-refractivity contribution in [2.24, 2.45) is 0 Å². The molecule has 1 aliphatic rings. The van der Waals surface area contributed by atoms with E-state index in [9.17, 15) is 5.11 Å². The Balaban J connectivity index is 1.75. The molecule has 0 heterocycles. The van der Waals surface area contributed by atoms with Crippen LogP contribution in [0.4, 0.5) is 0 Å². The molecule has 0 radical (unpaired) electrons. The first-order chi connectivity index (χ1) is 12.8. The number of benzene rings is 1. The standard InChI is InChI=1S/C24H40O2/c25-22-16-10-5-1-3-7-12-18-23(26-24-20-14-9-15-21-24)19-13-8-4-2-6-11-17-22/h9,14-15,20-23,25H,1-8,10-13,16-19H2. The maximum Gasteiger partial charge on any atom is 0.119 e. The molecule has 2 nitrogen and oxygen atoms in total. The zero-order chi connectivity index (χ0) is 18.3. The predicted molar refractivity (Wildman–Crippen MR) is 111 cm³/mol. The van der Waals surface area contributed by atoms with E-state index >= 15 is 0 Å². The van der Waals surface area contributed by atoms with Gasteiger partial charge in [-0.25, -0.2) is 0 Å². The lowest BCUT2D eigenvalue weighted by Crippen LogP contribution is -2.16. The van der Waals surface area contributed by atoms with E-state index < -0.39 is 0 Å². The highest BCUT2D eigenvalue weighted by Crippen LogP contribution is 2.21. The van der Waals surface area contributed by atoms with Crippen molar-refractivity contribution in [3.05, 3.63) is 30.3 Å². The van der Waals surface area contributed by atoms with Crippen molar-refractivity contribution in [3.63, 3.8) is 0 Å². The minimum atomic E-state index is -0.0511. The predicted octanol–water partition coefficient (Wildman–Crippen LogP) is 7.05. The Morgan fingerprint density at radius 3 is 1.50 bits per heavy atom. The van der Waals surface area contributed by atoms with Crippen LogP contribution in [-0.4, -0.2) is 17.3 Å². The molecule has 1 aliphatic carbocycles. The van der Waals surface area contributed by atoms with Gasteiger partial charge < -0.3 is 9.84 Å². The van der Waals surface area contributed by atoms with Crippen LogP contribution in [0.1, 0.15) is 103 Å². The first-order valence-electron chi connectivity index (χ1n) is 11.2. The van der Waals surface area contributed by atoms with Gasteiger partial charge in [-0.3, -0.25) is 0 Å². The molecule has 0 bridgehead atoms. The molecule has 2 heteroatoms. The molecule has 0 aromatic heterocycles. The molecule has 1 N–H and O–H groups in total. The van der Waals surface area contributed by atoms with Crippen LogP contribution >= 0.6 is 0 Å². The van der Waals surface area contributed by atoms with Gasteiger partial charge in [-0.15, -0.1) is 0 Å². The van der Waals surface area contributed by atoms with Crippen LogP contribution in [0.15, 0.2) is 30.3 Å². The summed E-state index contributed by atoms with van der Waals surface area (Å²) in [5.74, 6) is 1.03. The molecule has 0 saturated heterocycles. The van der Waals surface area contributed by atoms with Crippen molar-refractivity contribution in [1.29, 1.82) is 0 Å². The van der Waals surface area contributed by atoms with Gasteiger partial charge >= 0.3 is 0 Å². The van der Waals surface area contributed by atoms with Gasteiger partial charge in [0, 0.05) is 0 Å². The second-order valence-corrected chi connectivity index (χ2v) is 8.10. The van der Waals surface area contributed by atoms with Crippen LogP contribution in [0, 0.1) is 0 Å². The van der Waals surface area contributed by atoms with Gasteiger partial charge in [-0.2, -0.15) is 0 Å². The Morgan fingerprint density at radius 2 is 1.00 bits per heavy atom. The van der Waals surface area contributed by atoms with E-state index in [0.717, 1.165) is 18.6 Å². The van der Waals surface area contributed by atoms with Gasteiger partial charge in [0.25, 0.3) is 0 Å². The SMILES string of the molecule is OC1CCCCCCCCC(Oc2ccccc2)CCCCCCCC1. The largest absolute Gasteiger partial charge is 0.490 e. The summed E-state index contributed by atoms with van der Waals surface area (Å²) in [5, 5.41) is 10.0. The zero-order valence-corrected chi connectivity index (χ0v) is 16.7. The molecule has 1 aromatic rings. The molecule has 0 amide bonds. The summed E-state index contributed by atoms with van der Waals surface area (Å²) in [6.45, 7) is 0. The Hall–Kier alpha value is -1.02. The minimum Gasteiger partial charge on any atom is -0.490 e.